The van der Waals surface area contributed by atoms with Crippen LogP contribution in [0.2, 0.25) is 0 Å². The molecule has 0 aliphatic rings. The standard InChI is InChI=1S/C28H22F5NO2/c1-2-13-35-22-9-11-25(34-16-22)21-8-10-23-20(15-21)7-6-19(27(23)30)5-3-18-4-12-26(24(29)14-18)36-17-28(31,32)33/h2,4,6-12,14-16H,1,3,5,13,17H2. The van der Waals surface area contributed by atoms with Crippen molar-refractivity contribution in [2.75, 3.05) is 13.2 Å². The third-order valence-electron chi connectivity index (χ3n) is 5.50. The van der Waals surface area contributed by atoms with Crippen molar-refractivity contribution >= 4 is 10.8 Å². The van der Waals surface area contributed by atoms with E-state index < -0.39 is 24.3 Å². The first-order valence-corrected chi connectivity index (χ1v) is 11.1. The molecule has 8 heteroatoms. The van der Waals surface area contributed by atoms with Crippen molar-refractivity contribution in [2.45, 2.75) is 19.0 Å². The first kappa shape index (κ1) is 25.2. The molecule has 1 aromatic heterocycles. The Bertz CT molecular complexity index is 1370. The van der Waals surface area contributed by atoms with Crippen molar-refractivity contribution in [1.29, 1.82) is 0 Å². The Balaban J connectivity index is 1.46. The van der Waals surface area contributed by atoms with Gasteiger partial charge in [0.2, 0.25) is 0 Å². The van der Waals surface area contributed by atoms with Crippen LogP contribution in [-0.4, -0.2) is 24.4 Å². The van der Waals surface area contributed by atoms with Crippen molar-refractivity contribution in [3.05, 3.63) is 102 Å². The van der Waals surface area contributed by atoms with Crippen molar-refractivity contribution in [1.82, 2.24) is 4.98 Å². The Morgan fingerprint density at radius 3 is 2.42 bits per heavy atom. The number of benzene rings is 3. The van der Waals surface area contributed by atoms with Crippen LogP contribution in [0.5, 0.6) is 11.5 Å². The number of hydrogen-bond acceptors (Lipinski definition) is 3. The summed E-state index contributed by atoms with van der Waals surface area (Å²) in [4.78, 5) is 4.40. The maximum absolute atomic E-state index is 15.2. The molecule has 0 aliphatic carbocycles. The van der Waals surface area contributed by atoms with Gasteiger partial charge >= 0.3 is 6.18 Å². The number of halogens is 5. The minimum atomic E-state index is -4.55. The maximum Gasteiger partial charge on any atom is 0.422 e. The molecule has 3 aromatic carbocycles. The quantitative estimate of drug-likeness (QED) is 0.177. The predicted molar refractivity (Wildman–Crippen MR) is 128 cm³/mol. The molecule has 36 heavy (non-hydrogen) atoms. The maximum atomic E-state index is 15.2. The molecule has 0 unspecified atom stereocenters. The molecule has 3 nitrogen and oxygen atoms in total. The van der Waals surface area contributed by atoms with E-state index in [0.29, 0.717) is 47.1 Å². The molecule has 186 valence electrons. The first-order chi connectivity index (χ1) is 17.2. The number of pyridine rings is 1. The summed E-state index contributed by atoms with van der Waals surface area (Å²) in [5.74, 6) is -1.11. The zero-order chi connectivity index (χ0) is 25.7. The monoisotopic (exact) mass is 499 g/mol. The van der Waals surface area contributed by atoms with Crippen molar-refractivity contribution in [3.63, 3.8) is 0 Å². The number of aryl methyl sites for hydroxylation is 2. The second-order valence-corrected chi connectivity index (χ2v) is 8.12. The minimum Gasteiger partial charge on any atom is -0.488 e. The van der Waals surface area contributed by atoms with Crippen LogP contribution in [0.15, 0.2) is 79.5 Å². The van der Waals surface area contributed by atoms with Crippen molar-refractivity contribution < 1.29 is 31.4 Å². The summed E-state index contributed by atoms with van der Waals surface area (Å²) in [5.41, 5.74) is 2.52. The van der Waals surface area contributed by atoms with Crippen LogP contribution in [0.1, 0.15) is 11.1 Å². The molecule has 0 atom stereocenters. The van der Waals surface area contributed by atoms with E-state index in [0.717, 1.165) is 23.4 Å². The second-order valence-electron chi connectivity index (χ2n) is 8.12. The van der Waals surface area contributed by atoms with Gasteiger partial charge in [-0.3, -0.25) is 4.98 Å². The Labute approximate surface area is 204 Å². The lowest BCUT2D eigenvalue weighted by Gasteiger charge is -2.11. The molecule has 0 spiro atoms. The van der Waals surface area contributed by atoms with Crippen LogP contribution in [-0.2, 0) is 12.8 Å². The van der Waals surface area contributed by atoms with Gasteiger partial charge in [0.15, 0.2) is 18.2 Å². The van der Waals surface area contributed by atoms with Gasteiger partial charge in [-0.25, -0.2) is 8.78 Å². The lowest BCUT2D eigenvalue weighted by molar-refractivity contribution is -0.153. The zero-order valence-electron chi connectivity index (χ0n) is 19.1. The van der Waals surface area contributed by atoms with Crippen LogP contribution in [0, 0.1) is 11.6 Å². The number of aromatic nitrogens is 1. The molecule has 0 bridgehead atoms. The average molecular weight is 499 g/mol. The molecular weight excluding hydrogens is 477 g/mol. The summed E-state index contributed by atoms with van der Waals surface area (Å²) in [6.45, 7) is 2.42. The highest BCUT2D eigenvalue weighted by atomic mass is 19.4. The Hall–Kier alpha value is -3.94. The third-order valence-corrected chi connectivity index (χ3v) is 5.50. The predicted octanol–water partition coefficient (Wildman–Crippen LogP) is 7.47. The molecule has 0 saturated heterocycles. The summed E-state index contributed by atoms with van der Waals surface area (Å²) in [6.07, 6.45) is -0.697. The smallest absolute Gasteiger partial charge is 0.422 e. The van der Waals surface area contributed by atoms with E-state index in [-0.39, 0.29) is 5.82 Å². The lowest BCUT2D eigenvalue weighted by Crippen LogP contribution is -2.19. The van der Waals surface area contributed by atoms with Crippen molar-refractivity contribution in [3.8, 4) is 22.8 Å². The van der Waals surface area contributed by atoms with Crippen molar-refractivity contribution in [2.24, 2.45) is 0 Å². The van der Waals surface area contributed by atoms with Gasteiger partial charge in [-0.15, -0.1) is 0 Å². The highest BCUT2D eigenvalue weighted by Gasteiger charge is 2.29. The van der Waals surface area contributed by atoms with E-state index in [4.69, 9.17) is 4.74 Å². The second kappa shape index (κ2) is 10.8. The molecule has 1 heterocycles. The van der Waals surface area contributed by atoms with E-state index in [9.17, 15) is 17.6 Å². The number of fused-ring (bicyclic) bond motifs is 1. The number of hydrogen-bond donors (Lipinski definition) is 0. The van der Waals surface area contributed by atoms with Gasteiger partial charge in [-0.05, 0) is 59.7 Å². The molecule has 4 aromatic rings. The van der Waals surface area contributed by atoms with Gasteiger partial charge in [-0.1, -0.05) is 43.0 Å². The third kappa shape index (κ3) is 6.19. The fraction of sp³-hybridized carbons (Fsp3) is 0.179. The van der Waals surface area contributed by atoms with E-state index in [1.165, 1.54) is 6.07 Å². The molecule has 0 radical (unpaired) electrons. The molecule has 0 N–H and O–H groups in total. The normalized spacial score (nSPS) is 11.5. The van der Waals surface area contributed by atoms with E-state index in [1.54, 1.807) is 36.5 Å². The summed E-state index contributed by atoms with van der Waals surface area (Å²) in [7, 11) is 0. The molecular formula is C28H22F5NO2. The van der Waals surface area contributed by atoms with Crippen LogP contribution < -0.4 is 9.47 Å². The average Bonchev–Trinajstić information content (AvgIpc) is 2.86. The highest BCUT2D eigenvalue weighted by Crippen LogP contribution is 2.28. The lowest BCUT2D eigenvalue weighted by atomic mass is 9.98. The topological polar surface area (TPSA) is 31.4 Å². The van der Waals surface area contributed by atoms with Crippen LogP contribution in [0.4, 0.5) is 22.0 Å². The van der Waals surface area contributed by atoms with Gasteiger partial charge in [0.05, 0.1) is 11.9 Å². The molecule has 0 saturated carbocycles. The van der Waals surface area contributed by atoms with Crippen LogP contribution >= 0.6 is 0 Å². The van der Waals surface area contributed by atoms with Gasteiger partial charge in [-0.2, -0.15) is 13.2 Å². The number of nitrogens with zero attached hydrogens (tertiary/aromatic N) is 1. The summed E-state index contributed by atoms with van der Waals surface area (Å²) in [6, 6.07) is 16.2. The number of rotatable bonds is 9. The highest BCUT2D eigenvalue weighted by molar-refractivity contribution is 5.88. The minimum absolute atomic E-state index is 0.291. The SMILES string of the molecule is C=CCOc1ccc(-c2ccc3c(F)c(CCc4ccc(OCC(F)(F)F)c(F)c4)ccc3c2)nc1. The fourth-order valence-corrected chi connectivity index (χ4v) is 3.74. The van der Waals surface area contributed by atoms with Crippen LogP contribution in [0.3, 0.4) is 0 Å². The summed E-state index contributed by atoms with van der Waals surface area (Å²) >= 11 is 0. The van der Waals surface area contributed by atoms with Gasteiger partial charge in [0, 0.05) is 10.9 Å². The van der Waals surface area contributed by atoms with E-state index >= 15 is 4.39 Å². The molecule has 0 amide bonds. The summed E-state index contributed by atoms with van der Waals surface area (Å²) < 4.78 is 76.0. The van der Waals surface area contributed by atoms with Gasteiger partial charge in [0.25, 0.3) is 0 Å². The van der Waals surface area contributed by atoms with Gasteiger partial charge < -0.3 is 9.47 Å². The Morgan fingerprint density at radius 2 is 1.72 bits per heavy atom. The number of alkyl halides is 3. The van der Waals surface area contributed by atoms with Gasteiger partial charge in [0.1, 0.15) is 18.2 Å². The molecule has 0 fully saturated rings. The first-order valence-electron chi connectivity index (χ1n) is 11.1. The van der Waals surface area contributed by atoms with E-state index in [2.05, 4.69) is 16.3 Å². The zero-order valence-corrected chi connectivity index (χ0v) is 19.1. The van der Waals surface area contributed by atoms with E-state index in [1.807, 2.05) is 18.2 Å². The summed E-state index contributed by atoms with van der Waals surface area (Å²) in [5, 5.41) is 1.16. The fourth-order valence-electron chi connectivity index (χ4n) is 3.74. The largest absolute Gasteiger partial charge is 0.488 e. The van der Waals surface area contributed by atoms with Crippen LogP contribution in [0.25, 0.3) is 22.0 Å². The molecule has 4 rings (SSSR count). The Morgan fingerprint density at radius 1 is 0.889 bits per heavy atom. The Kier molecular flexibility index (Phi) is 7.52. The number of ether oxygens (including phenoxy) is 2. The molecule has 0 aliphatic heterocycles.